The summed E-state index contributed by atoms with van der Waals surface area (Å²) < 4.78 is 23.9. The molecule has 4 heteroatoms. The van der Waals surface area contributed by atoms with Crippen LogP contribution < -0.4 is 5.73 Å². The zero-order valence-electron chi connectivity index (χ0n) is 6.54. The maximum atomic E-state index is 11.9. The Morgan fingerprint density at radius 2 is 2.25 bits per heavy atom. The number of nitrogens with two attached hydrogens (primary N) is 1. The number of thiophene rings is 1. The molecule has 0 fully saturated rings. The van der Waals surface area contributed by atoms with Gasteiger partial charge in [-0.1, -0.05) is 6.07 Å². The van der Waals surface area contributed by atoms with Crippen LogP contribution >= 0.6 is 11.3 Å². The van der Waals surface area contributed by atoms with Crippen LogP contribution in [0.2, 0.25) is 0 Å². The summed E-state index contributed by atoms with van der Waals surface area (Å²) in [5, 5.41) is 1.93. The largest absolute Gasteiger partial charge is 0.323 e. The monoisotopic (exact) mass is 191 g/mol. The summed E-state index contributed by atoms with van der Waals surface area (Å²) in [4.78, 5) is 1.12. The van der Waals surface area contributed by atoms with Gasteiger partial charge >= 0.3 is 0 Å². The summed E-state index contributed by atoms with van der Waals surface area (Å²) in [6.45, 7) is 0. The van der Waals surface area contributed by atoms with Crippen LogP contribution in [0.3, 0.4) is 0 Å². The average Bonchev–Trinajstić information content (AvgIpc) is 2.51. The fourth-order valence-corrected chi connectivity index (χ4v) is 1.61. The molecule has 0 aromatic carbocycles. The number of alkyl halides is 2. The molecular formula is C8H11F2NS. The first-order valence-corrected chi connectivity index (χ1v) is 4.64. The maximum absolute atomic E-state index is 11.9. The fraction of sp³-hybridized carbons (Fsp3) is 0.500. The summed E-state index contributed by atoms with van der Waals surface area (Å²) in [7, 11) is 0. The maximum Gasteiger partial charge on any atom is 0.253 e. The molecule has 1 nitrogen and oxygen atoms in total. The predicted octanol–water partition coefficient (Wildman–Crippen LogP) is 2.27. The third kappa shape index (κ3) is 2.87. The molecule has 0 aliphatic rings. The van der Waals surface area contributed by atoms with Gasteiger partial charge in [0.2, 0.25) is 0 Å². The lowest BCUT2D eigenvalue weighted by Gasteiger charge is -2.08. The van der Waals surface area contributed by atoms with Gasteiger partial charge in [0.1, 0.15) is 0 Å². The second-order valence-corrected chi connectivity index (χ2v) is 3.65. The topological polar surface area (TPSA) is 26.0 Å². The van der Waals surface area contributed by atoms with E-state index in [9.17, 15) is 8.78 Å². The molecule has 0 amide bonds. The highest BCUT2D eigenvalue weighted by Crippen LogP contribution is 2.13. The van der Waals surface area contributed by atoms with Crippen molar-refractivity contribution in [3.05, 3.63) is 22.4 Å². The molecule has 0 spiro atoms. The highest BCUT2D eigenvalue weighted by Gasteiger charge is 2.14. The van der Waals surface area contributed by atoms with E-state index in [-0.39, 0.29) is 0 Å². The summed E-state index contributed by atoms with van der Waals surface area (Å²) in [6, 6.07) is 2.86. The van der Waals surface area contributed by atoms with Gasteiger partial charge in [0, 0.05) is 4.88 Å². The van der Waals surface area contributed by atoms with Crippen molar-refractivity contribution >= 4 is 11.3 Å². The number of hydrogen-bond acceptors (Lipinski definition) is 2. The van der Waals surface area contributed by atoms with Gasteiger partial charge in [-0.2, -0.15) is 0 Å². The molecule has 1 aromatic rings. The molecule has 1 atom stereocenters. The van der Waals surface area contributed by atoms with Gasteiger partial charge < -0.3 is 5.73 Å². The third-order valence-electron chi connectivity index (χ3n) is 1.63. The Kier molecular flexibility index (Phi) is 3.62. The number of halogens is 2. The van der Waals surface area contributed by atoms with E-state index in [0.29, 0.717) is 12.8 Å². The smallest absolute Gasteiger partial charge is 0.253 e. The van der Waals surface area contributed by atoms with Crippen molar-refractivity contribution in [2.45, 2.75) is 25.3 Å². The quantitative estimate of drug-likeness (QED) is 0.776. The summed E-state index contributed by atoms with van der Waals surface area (Å²) in [5.41, 5.74) is 5.19. The second kappa shape index (κ2) is 4.52. The summed E-state index contributed by atoms with van der Waals surface area (Å²) in [6.07, 6.45) is -1.38. The molecule has 0 radical (unpaired) electrons. The van der Waals surface area contributed by atoms with Gasteiger partial charge in [-0.3, -0.25) is 0 Å². The van der Waals surface area contributed by atoms with E-state index in [0.717, 1.165) is 4.88 Å². The number of hydrogen-bond donors (Lipinski definition) is 1. The van der Waals surface area contributed by atoms with E-state index in [1.54, 1.807) is 11.3 Å². The van der Waals surface area contributed by atoms with Crippen LogP contribution in [-0.2, 0) is 6.42 Å². The van der Waals surface area contributed by atoms with Gasteiger partial charge in [0.25, 0.3) is 6.43 Å². The Bertz CT molecular complexity index is 211. The Hall–Kier alpha value is -0.480. The normalized spacial score (nSPS) is 13.7. The molecule has 1 unspecified atom stereocenters. The van der Waals surface area contributed by atoms with E-state index in [2.05, 4.69) is 0 Å². The lowest BCUT2D eigenvalue weighted by atomic mass is 10.1. The lowest BCUT2D eigenvalue weighted by molar-refractivity contribution is 0.112. The minimum absolute atomic E-state index is 0.359. The molecule has 2 N–H and O–H groups in total. The van der Waals surface area contributed by atoms with E-state index >= 15 is 0 Å². The van der Waals surface area contributed by atoms with Crippen LogP contribution in [0, 0.1) is 0 Å². The van der Waals surface area contributed by atoms with Crippen LogP contribution in [-0.4, -0.2) is 12.5 Å². The van der Waals surface area contributed by atoms with Crippen LogP contribution in [0.4, 0.5) is 8.78 Å². The van der Waals surface area contributed by atoms with Gasteiger partial charge in [-0.05, 0) is 24.3 Å². The minimum atomic E-state index is -2.40. The van der Waals surface area contributed by atoms with Crippen LogP contribution in [0.15, 0.2) is 17.5 Å². The van der Waals surface area contributed by atoms with Crippen molar-refractivity contribution in [3.63, 3.8) is 0 Å². The predicted molar refractivity (Wildman–Crippen MR) is 46.6 cm³/mol. The van der Waals surface area contributed by atoms with E-state index < -0.39 is 12.5 Å². The van der Waals surface area contributed by atoms with Gasteiger partial charge in [-0.15, -0.1) is 11.3 Å². The Morgan fingerprint density at radius 3 is 2.75 bits per heavy atom. The Morgan fingerprint density at radius 1 is 1.50 bits per heavy atom. The highest BCUT2D eigenvalue weighted by atomic mass is 32.1. The third-order valence-corrected chi connectivity index (χ3v) is 2.56. The highest BCUT2D eigenvalue weighted by molar-refractivity contribution is 7.09. The van der Waals surface area contributed by atoms with Crippen molar-refractivity contribution < 1.29 is 8.78 Å². The summed E-state index contributed by atoms with van der Waals surface area (Å²) >= 11 is 1.58. The second-order valence-electron chi connectivity index (χ2n) is 2.62. The standard InChI is InChI=1S/C8H11F2NS/c9-8(10)7(11)4-3-6-2-1-5-12-6/h1-2,5,7-8H,3-4,11H2. The van der Waals surface area contributed by atoms with Gasteiger partial charge in [-0.25, -0.2) is 8.78 Å². The van der Waals surface area contributed by atoms with Crippen molar-refractivity contribution in [1.82, 2.24) is 0 Å². The van der Waals surface area contributed by atoms with E-state index in [1.165, 1.54) is 0 Å². The van der Waals surface area contributed by atoms with E-state index in [4.69, 9.17) is 5.73 Å². The van der Waals surface area contributed by atoms with Crippen molar-refractivity contribution in [2.75, 3.05) is 0 Å². The zero-order chi connectivity index (χ0) is 8.97. The Balaban J connectivity index is 2.27. The van der Waals surface area contributed by atoms with Crippen molar-refractivity contribution in [1.29, 1.82) is 0 Å². The van der Waals surface area contributed by atoms with Crippen molar-refractivity contribution in [2.24, 2.45) is 5.73 Å². The SMILES string of the molecule is NC(CCc1cccs1)C(F)F. The fourth-order valence-electron chi connectivity index (χ4n) is 0.890. The Labute approximate surface area is 74.2 Å². The molecule has 0 bridgehead atoms. The van der Waals surface area contributed by atoms with Crippen LogP contribution in [0.1, 0.15) is 11.3 Å². The first-order chi connectivity index (χ1) is 5.70. The zero-order valence-corrected chi connectivity index (χ0v) is 7.36. The van der Waals surface area contributed by atoms with Gasteiger partial charge in [0.15, 0.2) is 0 Å². The lowest BCUT2D eigenvalue weighted by Crippen LogP contribution is -2.28. The number of aryl methyl sites for hydroxylation is 1. The van der Waals surface area contributed by atoms with E-state index in [1.807, 2.05) is 17.5 Å². The first kappa shape index (κ1) is 9.61. The van der Waals surface area contributed by atoms with Crippen molar-refractivity contribution in [3.8, 4) is 0 Å². The molecule has 12 heavy (non-hydrogen) atoms. The summed E-state index contributed by atoms with van der Waals surface area (Å²) in [5.74, 6) is 0. The average molecular weight is 191 g/mol. The van der Waals surface area contributed by atoms with Crippen LogP contribution in [0.25, 0.3) is 0 Å². The molecular weight excluding hydrogens is 180 g/mol. The van der Waals surface area contributed by atoms with Crippen LogP contribution in [0.5, 0.6) is 0 Å². The molecule has 1 aromatic heterocycles. The molecule has 0 aliphatic carbocycles. The number of rotatable bonds is 4. The minimum Gasteiger partial charge on any atom is -0.323 e. The molecule has 0 aliphatic heterocycles. The molecule has 68 valence electrons. The first-order valence-electron chi connectivity index (χ1n) is 3.76. The molecule has 1 rings (SSSR count). The molecule has 0 saturated carbocycles. The van der Waals surface area contributed by atoms with Gasteiger partial charge in [0.05, 0.1) is 6.04 Å². The molecule has 1 heterocycles. The molecule has 0 saturated heterocycles.